The smallest absolute Gasteiger partial charge is 0.192 e. The van der Waals surface area contributed by atoms with Crippen molar-refractivity contribution >= 4 is 23.1 Å². The van der Waals surface area contributed by atoms with E-state index < -0.39 is 0 Å². The molecule has 0 saturated carbocycles. The molecule has 0 fully saturated rings. The van der Waals surface area contributed by atoms with Gasteiger partial charge in [0.05, 0.1) is 23.1 Å². The van der Waals surface area contributed by atoms with Crippen LogP contribution in [0.2, 0.25) is 0 Å². The number of benzene rings is 2. The van der Waals surface area contributed by atoms with E-state index in [1.807, 2.05) is 48.5 Å². The number of nitrogens with zero attached hydrogens (tertiary/aromatic N) is 4. The molecule has 27 heavy (non-hydrogen) atoms. The van der Waals surface area contributed by atoms with E-state index in [0.29, 0.717) is 5.56 Å². The van der Waals surface area contributed by atoms with Gasteiger partial charge < -0.3 is 0 Å². The standard InChI is InChI=1S/C21H16N4S2/c22-13-17-8-4-9-18(12-17)15-27-21-24-23-20(19-10-5-11-26-19)25(21)14-16-6-2-1-3-7-16/h1-12H,14-15H2. The highest BCUT2D eigenvalue weighted by Gasteiger charge is 2.15. The minimum Gasteiger partial charge on any atom is -0.297 e. The third-order valence-electron chi connectivity index (χ3n) is 4.07. The quantitative estimate of drug-likeness (QED) is 0.425. The van der Waals surface area contributed by atoms with Crippen LogP contribution in [-0.2, 0) is 12.3 Å². The lowest BCUT2D eigenvalue weighted by Crippen LogP contribution is -2.03. The van der Waals surface area contributed by atoms with Gasteiger partial charge in [-0.3, -0.25) is 4.57 Å². The lowest BCUT2D eigenvalue weighted by atomic mass is 10.2. The van der Waals surface area contributed by atoms with Crippen molar-refractivity contribution in [2.45, 2.75) is 17.5 Å². The molecular weight excluding hydrogens is 372 g/mol. The Labute approximate surface area is 166 Å². The molecule has 4 rings (SSSR count). The minimum atomic E-state index is 0.679. The third-order valence-corrected chi connectivity index (χ3v) is 5.97. The molecule has 0 aliphatic heterocycles. The van der Waals surface area contributed by atoms with E-state index in [2.05, 4.69) is 44.4 Å². The van der Waals surface area contributed by atoms with Gasteiger partial charge in [0.1, 0.15) is 0 Å². The summed E-state index contributed by atoms with van der Waals surface area (Å²) in [5.41, 5.74) is 2.99. The van der Waals surface area contributed by atoms with Crippen molar-refractivity contribution in [2.75, 3.05) is 0 Å². The molecule has 0 bridgehead atoms. The maximum Gasteiger partial charge on any atom is 0.192 e. The molecule has 0 saturated heterocycles. The van der Waals surface area contributed by atoms with Gasteiger partial charge in [0.15, 0.2) is 11.0 Å². The molecule has 4 nitrogen and oxygen atoms in total. The van der Waals surface area contributed by atoms with Crippen LogP contribution in [0.15, 0.2) is 77.3 Å². The van der Waals surface area contributed by atoms with Crippen LogP contribution < -0.4 is 0 Å². The van der Waals surface area contributed by atoms with Crippen molar-refractivity contribution in [1.82, 2.24) is 14.8 Å². The maximum atomic E-state index is 9.08. The van der Waals surface area contributed by atoms with E-state index in [0.717, 1.165) is 33.7 Å². The lowest BCUT2D eigenvalue weighted by Gasteiger charge is -2.10. The van der Waals surface area contributed by atoms with Crippen molar-refractivity contribution in [3.8, 4) is 16.8 Å². The molecule has 0 aliphatic rings. The summed E-state index contributed by atoms with van der Waals surface area (Å²) in [6.07, 6.45) is 0. The predicted octanol–water partition coefficient (Wildman–Crippen LogP) is 5.22. The summed E-state index contributed by atoms with van der Waals surface area (Å²) in [6, 6.07) is 24.3. The molecule has 0 spiro atoms. The lowest BCUT2D eigenvalue weighted by molar-refractivity contribution is 0.715. The highest BCUT2D eigenvalue weighted by Crippen LogP contribution is 2.29. The van der Waals surface area contributed by atoms with Gasteiger partial charge >= 0.3 is 0 Å². The molecule has 0 atom stereocenters. The maximum absolute atomic E-state index is 9.08. The fourth-order valence-electron chi connectivity index (χ4n) is 2.77. The molecule has 2 aromatic carbocycles. The highest BCUT2D eigenvalue weighted by molar-refractivity contribution is 7.98. The first kappa shape index (κ1) is 17.5. The zero-order valence-electron chi connectivity index (χ0n) is 14.4. The molecule has 2 aromatic heterocycles. The van der Waals surface area contributed by atoms with Crippen molar-refractivity contribution in [3.05, 3.63) is 88.8 Å². The Kier molecular flexibility index (Phi) is 5.33. The number of aromatic nitrogens is 3. The fraction of sp³-hybridized carbons (Fsp3) is 0.0952. The Balaban J connectivity index is 1.62. The average molecular weight is 389 g/mol. The SMILES string of the molecule is N#Cc1cccc(CSc2nnc(-c3cccs3)n2Cc2ccccc2)c1. The van der Waals surface area contributed by atoms with E-state index >= 15 is 0 Å². The van der Waals surface area contributed by atoms with Crippen LogP contribution in [0.5, 0.6) is 0 Å². The summed E-state index contributed by atoms with van der Waals surface area (Å²) in [5, 5.41) is 20.9. The van der Waals surface area contributed by atoms with Crippen molar-refractivity contribution in [3.63, 3.8) is 0 Å². The molecule has 0 aliphatic carbocycles. The van der Waals surface area contributed by atoms with Gasteiger partial charge in [0, 0.05) is 5.75 Å². The van der Waals surface area contributed by atoms with Crippen molar-refractivity contribution in [2.24, 2.45) is 0 Å². The van der Waals surface area contributed by atoms with Gasteiger partial charge in [-0.25, -0.2) is 0 Å². The number of thiophene rings is 1. The summed E-state index contributed by atoms with van der Waals surface area (Å²) >= 11 is 3.31. The number of thioether (sulfide) groups is 1. The molecule has 4 aromatic rings. The van der Waals surface area contributed by atoms with Crippen LogP contribution in [0.1, 0.15) is 16.7 Å². The molecule has 6 heteroatoms. The Morgan fingerprint density at radius 3 is 2.59 bits per heavy atom. The summed E-state index contributed by atoms with van der Waals surface area (Å²) < 4.78 is 2.17. The zero-order valence-corrected chi connectivity index (χ0v) is 16.1. The first-order chi connectivity index (χ1) is 13.3. The Morgan fingerprint density at radius 1 is 0.963 bits per heavy atom. The second-order valence-electron chi connectivity index (χ2n) is 5.96. The number of hydrogen-bond acceptors (Lipinski definition) is 5. The first-order valence-electron chi connectivity index (χ1n) is 8.46. The van der Waals surface area contributed by atoms with Crippen molar-refractivity contribution in [1.29, 1.82) is 5.26 Å². The van der Waals surface area contributed by atoms with Gasteiger partial charge in [-0.15, -0.1) is 21.5 Å². The molecule has 0 radical (unpaired) electrons. The molecular formula is C21H16N4S2. The van der Waals surface area contributed by atoms with E-state index in [4.69, 9.17) is 5.26 Å². The van der Waals surface area contributed by atoms with Crippen molar-refractivity contribution < 1.29 is 0 Å². The van der Waals surface area contributed by atoms with Gasteiger partial charge in [0.2, 0.25) is 0 Å². The first-order valence-corrected chi connectivity index (χ1v) is 10.3. The van der Waals surface area contributed by atoms with E-state index in [1.54, 1.807) is 23.1 Å². The second-order valence-corrected chi connectivity index (χ2v) is 7.85. The molecule has 0 N–H and O–H groups in total. The molecule has 0 amide bonds. The molecule has 0 unspecified atom stereocenters. The predicted molar refractivity (Wildman–Crippen MR) is 110 cm³/mol. The van der Waals surface area contributed by atoms with Gasteiger partial charge in [-0.05, 0) is 34.7 Å². The summed E-state index contributed by atoms with van der Waals surface area (Å²) in [4.78, 5) is 1.11. The summed E-state index contributed by atoms with van der Waals surface area (Å²) in [7, 11) is 0. The van der Waals surface area contributed by atoms with Crippen LogP contribution in [0.4, 0.5) is 0 Å². The van der Waals surface area contributed by atoms with Crippen LogP contribution in [0.25, 0.3) is 10.7 Å². The highest BCUT2D eigenvalue weighted by atomic mass is 32.2. The fourth-order valence-corrected chi connectivity index (χ4v) is 4.37. The van der Waals surface area contributed by atoms with Gasteiger partial charge in [-0.1, -0.05) is 60.3 Å². The van der Waals surface area contributed by atoms with Crippen LogP contribution in [0.3, 0.4) is 0 Å². The summed E-state index contributed by atoms with van der Waals surface area (Å²) in [5.74, 6) is 1.63. The molecule has 132 valence electrons. The topological polar surface area (TPSA) is 54.5 Å². The Morgan fingerprint density at radius 2 is 1.81 bits per heavy atom. The van der Waals surface area contributed by atoms with E-state index in [-0.39, 0.29) is 0 Å². The average Bonchev–Trinajstić information content (AvgIpc) is 3.37. The minimum absolute atomic E-state index is 0.679. The number of rotatable bonds is 6. The number of nitriles is 1. The van der Waals surface area contributed by atoms with Crippen LogP contribution in [-0.4, -0.2) is 14.8 Å². The van der Waals surface area contributed by atoms with Gasteiger partial charge in [0.25, 0.3) is 0 Å². The van der Waals surface area contributed by atoms with Crippen LogP contribution >= 0.6 is 23.1 Å². The zero-order chi connectivity index (χ0) is 18.5. The Bertz CT molecular complexity index is 1060. The van der Waals surface area contributed by atoms with E-state index in [1.165, 1.54) is 5.56 Å². The normalized spacial score (nSPS) is 10.6. The third kappa shape index (κ3) is 4.11. The Hall–Kier alpha value is -2.88. The van der Waals surface area contributed by atoms with E-state index in [9.17, 15) is 0 Å². The van der Waals surface area contributed by atoms with Gasteiger partial charge in [-0.2, -0.15) is 5.26 Å². The van der Waals surface area contributed by atoms with Crippen LogP contribution in [0, 0.1) is 11.3 Å². The molecule has 2 heterocycles. The second kappa shape index (κ2) is 8.21. The number of hydrogen-bond donors (Lipinski definition) is 0. The summed E-state index contributed by atoms with van der Waals surface area (Å²) in [6.45, 7) is 0.724. The monoisotopic (exact) mass is 388 g/mol. The largest absolute Gasteiger partial charge is 0.297 e.